The standard InChI is InChI=1S/C13H7Cl3FNO3S/c14-8-3-6(1-2-9(8)17)18-11(19)5-21-13(20)7-4-10(15)22-12(7)16/h1-4H,5H2,(H,18,19). The number of amides is 1. The first-order chi connectivity index (χ1) is 10.4. The molecule has 1 aromatic carbocycles. The fourth-order valence-electron chi connectivity index (χ4n) is 1.46. The van der Waals surface area contributed by atoms with Crippen molar-refractivity contribution in [1.82, 2.24) is 0 Å². The average Bonchev–Trinajstić information content (AvgIpc) is 2.79. The van der Waals surface area contributed by atoms with E-state index in [-0.39, 0.29) is 20.6 Å². The van der Waals surface area contributed by atoms with Crippen molar-refractivity contribution in [3.05, 3.63) is 49.3 Å². The van der Waals surface area contributed by atoms with Crippen LogP contribution in [0, 0.1) is 5.82 Å². The van der Waals surface area contributed by atoms with Crippen molar-refractivity contribution in [3.8, 4) is 0 Å². The van der Waals surface area contributed by atoms with E-state index in [9.17, 15) is 14.0 Å². The Labute approximate surface area is 143 Å². The summed E-state index contributed by atoms with van der Waals surface area (Å²) in [5.74, 6) is -1.97. The van der Waals surface area contributed by atoms with Gasteiger partial charge in [0.1, 0.15) is 10.2 Å². The Morgan fingerprint density at radius 1 is 1.23 bits per heavy atom. The molecule has 116 valence electrons. The molecule has 0 unspecified atom stereocenters. The van der Waals surface area contributed by atoms with Gasteiger partial charge in [0.25, 0.3) is 5.91 Å². The van der Waals surface area contributed by atoms with Crippen LogP contribution in [0.1, 0.15) is 10.4 Å². The van der Waals surface area contributed by atoms with Crippen LogP contribution in [0.3, 0.4) is 0 Å². The first kappa shape index (κ1) is 17.0. The molecular formula is C13H7Cl3FNO3S. The van der Waals surface area contributed by atoms with E-state index in [0.29, 0.717) is 4.34 Å². The zero-order chi connectivity index (χ0) is 16.3. The maximum atomic E-state index is 13.0. The van der Waals surface area contributed by atoms with Crippen LogP contribution < -0.4 is 5.32 Å². The van der Waals surface area contributed by atoms with Crippen LogP contribution in [0.5, 0.6) is 0 Å². The molecule has 0 aliphatic rings. The van der Waals surface area contributed by atoms with Crippen LogP contribution >= 0.6 is 46.1 Å². The second kappa shape index (κ2) is 7.28. The summed E-state index contributed by atoms with van der Waals surface area (Å²) in [5, 5.41) is 2.28. The van der Waals surface area contributed by atoms with Gasteiger partial charge in [0.15, 0.2) is 6.61 Å². The van der Waals surface area contributed by atoms with Gasteiger partial charge in [-0.25, -0.2) is 9.18 Å². The van der Waals surface area contributed by atoms with Crippen molar-refractivity contribution in [1.29, 1.82) is 0 Å². The van der Waals surface area contributed by atoms with Crippen LogP contribution in [0.4, 0.5) is 10.1 Å². The molecule has 1 N–H and O–H groups in total. The molecule has 0 spiro atoms. The summed E-state index contributed by atoms with van der Waals surface area (Å²) in [6, 6.07) is 5.04. The lowest BCUT2D eigenvalue weighted by Crippen LogP contribution is -2.20. The number of ether oxygens (including phenoxy) is 1. The van der Waals surface area contributed by atoms with E-state index in [1.807, 2.05) is 0 Å². The first-order valence-electron chi connectivity index (χ1n) is 5.73. The molecular weight excluding hydrogens is 376 g/mol. The summed E-state index contributed by atoms with van der Waals surface area (Å²) in [6.07, 6.45) is 0. The summed E-state index contributed by atoms with van der Waals surface area (Å²) in [6.45, 7) is -0.530. The number of esters is 1. The van der Waals surface area contributed by atoms with Crippen LogP contribution in [0.2, 0.25) is 13.7 Å². The van der Waals surface area contributed by atoms with E-state index < -0.39 is 24.3 Å². The average molecular weight is 383 g/mol. The fraction of sp³-hybridized carbons (Fsp3) is 0.0769. The molecule has 0 aliphatic heterocycles. The molecule has 2 aromatic rings. The van der Waals surface area contributed by atoms with E-state index in [2.05, 4.69) is 5.32 Å². The van der Waals surface area contributed by atoms with Crippen molar-refractivity contribution in [2.45, 2.75) is 0 Å². The number of benzene rings is 1. The number of anilines is 1. The zero-order valence-electron chi connectivity index (χ0n) is 10.7. The number of halogens is 4. The van der Waals surface area contributed by atoms with Crippen molar-refractivity contribution in [2.24, 2.45) is 0 Å². The van der Waals surface area contributed by atoms with Gasteiger partial charge in [0.2, 0.25) is 0 Å². The van der Waals surface area contributed by atoms with Crippen molar-refractivity contribution >= 4 is 63.7 Å². The maximum absolute atomic E-state index is 13.0. The zero-order valence-corrected chi connectivity index (χ0v) is 13.7. The number of hydrogen-bond donors (Lipinski definition) is 1. The van der Waals surface area contributed by atoms with Crippen molar-refractivity contribution < 1.29 is 18.7 Å². The van der Waals surface area contributed by atoms with Crippen LogP contribution in [0.25, 0.3) is 0 Å². The minimum absolute atomic E-state index is 0.0919. The molecule has 0 radical (unpaired) electrons. The SMILES string of the molecule is O=C(COC(=O)c1cc(Cl)sc1Cl)Nc1ccc(F)c(Cl)c1. The Bertz CT molecular complexity index is 735. The van der Waals surface area contributed by atoms with Crippen molar-refractivity contribution in [2.75, 3.05) is 11.9 Å². The molecule has 1 aromatic heterocycles. The van der Waals surface area contributed by atoms with Gasteiger partial charge >= 0.3 is 5.97 Å². The van der Waals surface area contributed by atoms with Gasteiger partial charge in [0.05, 0.1) is 14.9 Å². The molecule has 4 nitrogen and oxygen atoms in total. The normalized spacial score (nSPS) is 10.4. The minimum Gasteiger partial charge on any atom is -0.452 e. The molecule has 0 fully saturated rings. The van der Waals surface area contributed by atoms with E-state index in [0.717, 1.165) is 17.4 Å². The number of rotatable bonds is 4. The van der Waals surface area contributed by atoms with Gasteiger partial charge in [-0.3, -0.25) is 4.79 Å². The third-order valence-corrected chi connectivity index (χ3v) is 4.19. The molecule has 0 bridgehead atoms. The Morgan fingerprint density at radius 3 is 2.55 bits per heavy atom. The predicted molar refractivity (Wildman–Crippen MR) is 84.7 cm³/mol. The second-order valence-electron chi connectivity index (χ2n) is 3.99. The highest BCUT2D eigenvalue weighted by molar-refractivity contribution is 7.20. The minimum atomic E-state index is -0.763. The number of carbonyl (C=O) groups excluding carboxylic acids is 2. The first-order valence-corrected chi connectivity index (χ1v) is 7.68. The molecule has 1 amide bonds. The molecule has 0 aliphatic carbocycles. The number of nitrogens with one attached hydrogen (secondary N) is 1. The Morgan fingerprint density at radius 2 is 1.95 bits per heavy atom. The summed E-state index contributed by atoms with van der Waals surface area (Å²) in [7, 11) is 0. The third-order valence-electron chi connectivity index (χ3n) is 2.41. The summed E-state index contributed by atoms with van der Waals surface area (Å²) in [5.41, 5.74) is 0.373. The smallest absolute Gasteiger partial charge is 0.341 e. The van der Waals surface area contributed by atoms with Crippen molar-refractivity contribution in [3.63, 3.8) is 0 Å². The quantitative estimate of drug-likeness (QED) is 0.784. The van der Waals surface area contributed by atoms with Crippen LogP contribution in [0.15, 0.2) is 24.3 Å². The highest BCUT2D eigenvalue weighted by Gasteiger charge is 2.17. The van der Waals surface area contributed by atoms with Gasteiger partial charge in [-0.05, 0) is 24.3 Å². The van der Waals surface area contributed by atoms with E-state index in [4.69, 9.17) is 39.5 Å². The topological polar surface area (TPSA) is 55.4 Å². The lowest BCUT2D eigenvalue weighted by atomic mass is 10.3. The molecule has 0 atom stereocenters. The van der Waals surface area contributed by atoms with E-state index >= 15 is 0 Å². The summed E-state index contributed by atoms with van der Waals surface area (Å²) in [4.78, 5) is 23.4. The van der Waals surface area contributed by atoms with Crippen LogP contribution in [-0.2, 0) is 9.53 Å². The molecule has 0 saturated carbocycles. The number of carbonyl (C=O) groups is 2. The predicted octanol–water partition coefficient (Wildman–Crippen LogP) is 4.64. The lowest BCUT2D eigenvalue weighted by Gasteiger charge is -2.07. The fourth-order valence-corrected chi connectivity index (χ4v) is 3.08. The van der Waals surface area contributed by atoms with E-state index in [1.165, 1.54) is 18.2 Å². The molecule has 22 heavy (non-hydrogen) atoms. The molecule has 1 heterocycles. The van der Waals surface area contributed by atoms with Gasteiger partial charge in [-0.2, -0.15) is 0 Å². The monoisotopic (exact) mass is 381 g/mol. The largest absolute Gasteiger partial charge is 0.452 e. The van der Waals surface area contributed by atoms with Gasteiger partial charge in [0, 0.05) is 5.69 Å². The maximum Gasteiger partial charge on any atom is 0.341 e. The van der Waals surface area contributed by atoms with Gasteiger partial charge in [-0.15, -0.1) is 11.3 Å². The molecule has 2 rings (SSSR count). The Hall–Kier alpha value is -1.34. The van der Waals surface area contributed by atoms with Gasteiger partial charge < -0.3 is 10.1 Å². The Kier molecular flexibility index (Phi) is 5.63. The highest BCUT2D eigenvalue weighted by Crippen LogP contribution is 2.31. The summed E-state index contributed by atoms with van der Waals surface area (Å²) >= 11 is 18.1. The highest BCUT2D eigenvalue weighted by atomic mass is 35.5. The molecule has 9 heteroatoms. The van der Waals surface area contributed by atoms with E-state index in [1.54, 1.807) is 0 Å². The molecule has 0 saturated heterocycles. The van der Waals surface area contributed by atoms with Gasteiger partial charge in [-0.1, -0.05) is 34.8 Å². The second-order valence-corrected chi connectivity index (χ2v) is 6.68. The number of thiophene rings is 1. The number of hydrogen-bond acceptors (Lipinski definition) is 4. The van der Waals surface area contributed by atoms with Crippen LogP contribution in [-0.4, -0.2) is 18.5 Å². The summed E-state index contributed by atoms with van der Waals surface area (Å²) < 4.78 is 18.3. The Balaban J connectivity index is 1.91. The third kappa shape index (κ3) is 4.33. The lowest BCUT2D eigenvalue weighted by molar-refractivity contribution is -0.119.